The molecule has 1 aliphatic carbocycles. The lowest BCUT2D eigenvalue weighted by Gasteiger charge is -2.26. The van der Waals surface area contributed by atoms with Crippen LogP contribution < -0.4 is 10.5 Å². The highest BCUT2D eigenvalue weighted by molar-refractivity contribution is 5.81. The predicted octanol–water partition coefficient (Wildman–Crippen LogP) is 1.53. The summed E-state index contributed by atoms with van der Waals surface area (Å²) in [4.78, 5) is 6.63. The van der Waals surface area contributed by atoms with Gasteiger partial charge in [-0.2, -0.15) is 0 Å². The standard InChI is InChI=1S/C13H17N3O/c1-17-11-4-2-3-9(7-11)12-8-15-13(14)16(12)10-5-6-10/h2-4,7,10,12H,5-6,8H2,1H3,(H2,14,15). The Kier molecular flexibility index (Phi) is 2.42. The van der Waals surface area contributed by atoms with Gasteiger partial charge in [0.1, 0.15) is 5.75 Å². The lowest BCUT2D eigenvalue weighted by molar-refractivity contribution is 0.336. The molecule has 1 fully saturated rings. The average molecular weight is 231 g/mol. The number of methoxy groups -OCH3 is 1. The van der Waals surface area contributed by atoms with Crippen LogP contribution in [0.25, 0.3) is 0 Å². The fourth-order valence-corrected chi connectivity index (χ4v) is 2.42. The Morgan fingerprint density at radius 3 is 2.94 bits per heavy atom. The van der Waals surface area contributed by atoms with E-state index in [1.54, 1.807) is 7.11 Å². The van der Waals surface area contributed by atoms with Crippen molar-refractivity contribution in [3.05, 3.63) is 29.8 Å². The number of ether oxygens (including phenoxy) is 1. The first-order chi connectivity index (χ1) is 8.29. The van der Waals surface area contributed by atoms with E-state index in [1.807, 2.05) is 12.1 Å². The van der Waals surface area contributed by atoms with Crippen molar-refractivity contribution in [1.29, 1.82) is 0 Å². The van der Waals surface area contributed by atoms with E-state index in [4.69, 9.17) is 10.5 Å². The van der Waals surface area contributed by atoms with Gasteiger partial charge in [-0.25, -0.2) is 0 Å². The summed E-state index contributed by atoms with van der Waals surface area (Å²) in [5.74, 6) is 1.59. The Morgan fingerprint density at radius 2 is 2.24 bits per heavy atom. The zero-order valence-corrected chi connectivity index (χ0v) is 9.97. The molecular weight excluding hydrogens is 214 g/mol. The predicted molar refractivity (Wildman–Crippen MR) is 67.1 cm³/mol. The molecule has 3 rings (SSSR count). The number of hydrogen-bond acceptors (Lipinski definition) is 4. The summed E-state index contributed by atoms with van der Waals surface area (Å²) in [6, 6.07) is 9.07. The second-order valence-electron chi connectivity index (χ2n) is 4.63. The molecule has 2 aliphatic rings. The Morgan fingerprint density at radius 1 is 1.41 bits per heavy atom. The second-order valence-corrected chi connectivity index (χ2v) is 4.63. The van der Waals surface area contributed by atoms with E-state index in [2.05, 4.69) is 22.0 Å². The number of nitrogens with zero attached hydrogens (tertiary/aromatic N) is 2. The molecule has 1 aromatic rings. The zero-order valence-electron chi connectivity index (χ0n) is 9.97. The Bertz CT molecular complexity index is 454. The van der Waals surface area contributed by atoms with Crippen LogP contribution in [0.2, 0.25) is 0 Å². The third kappa shape index (κ3) is 1.84. The minimum atomic E-state index is 0.289. The highest BCUT2D eigenvalue weighted by Crippen LogP contribution is 2.37. The minimum Gasteiger partial charge on any atom is -0.497 e. The topological polar surface area (TPSA) is 50.9 Å². The van der Waals surface area contributed by atoms with E-state index < -0.39 is 0 Å². The van der Waals surface area contributed by atoms with Gasteiger partial charge < -0.3 is 15.4 Å². The molecule has 1 atom stereocenters. The first-order valence-corrected chi connectivity index (χ1v) is 6.02. The third-order valence-electron chi connectivity index (χ3n) is 3.45. The van der Waals surface area contributed by atoms with Gasteiger partial charge in [0.15, 0.2) is 5.96 Å². The van der Waals surface area contributed by atoms with Gasteiger partial charge in [-0.3, -0.25) is 4.99 Å². The van der Waals surface area contributed by atoms with Gasteiger partial charge in [0.2, 0.25) is 0 Å². The van der Waals surface area contributed by atoms with E-state index in [0.29, 0.717) is 12.0 Å². The van der Waals surface area contributed by atoms with Crippen molar-refractivity contribution in [3.63, 3.8) is 0 Å². The number of aliphatic imine (C=N–C) groups is 1. The molecule has 1 heterocycles. The number of benzene rings is 1. The maximum Gasteiger partial charge on any atom is 0.192 e. The fourth-order valence-electron chi connectivity index (χ4n) is 2.42. The molecule has 0 aromatic heterocycles. The Balaban J connectivity index is 1.88. The average Bonchev–Trinajstić information content (AvgIpc) is 3.12. The van der Waals surface area contributed by atoms with Gasteiger partial charge in [0.25, 0.3) is 0 Å². The molecule has 1 aromatic carbocycles. The van der Waals surface area contributed by atoms with Crippen molar-refractivity contribution in [3.8, 4) is 5.75 Å². The first kappa shape index (κ1) is 10.4. The molecule has 0 bridgehead atoms. The summed E-state index contributed by atoms with van der Waals surface area (Å²) in [6.45, 7) is 0.759. The summed E-state index contributed by atoms with van der Waals surface area (Å²) in [6.07, 6.45) is 2.47. The minimum absolute atomic E-state index is 0.289. The molecule has 17 heavy (non-hydrogen) atoms. The maximum absolute atomic E-state index is 5.96. The monoisotopic (exact) mass is 231 g/mol. The lowest BCUT2D eigenvalue weighted by atomic mass is 10.1. The van der Waals surface area contributed by atoms with Crippen LogP contribution in [0.1, 0.15) is 24.4 Å². The molecule has 1 saturated carbocycles. The van der Waals surface area contributed by atoms with Crippen LogP contribution in [-0.2, 0) is 0 Å². The fraction of sp³-hybridized carbons (Fsp3) is 0.462. The van der Waals surface area contributed by atoms with Crippen molar-refractivity contribution in [1.82, 2.24) is 4.90 Å². The van der Waals surface area contributed by atoms with Crippen molar-refractivity contribution >= 4 is 5.96 Å². The van der Waals surface area contributed by atoms with E-state index in [1.165, 1.54) is 18.4 Å². The van der Waals surface area contributed by atoms with Gasteiger partial charge in [0.05, 0.1) is 19.7 Å². The van der Waals surface area contributed by atoms with Gasteiger partial charge in [-0.15, -0.1) is 0 Å². The Labute approximate surface area is 101 Å². The molecule has 1 unspecified atom stereocenters. The molecule has 2 N–H and O–H groups in total. The number of nitrogens with two attached hydrogens (primary N) is 1. The van der Waals surface area contributed by atoms with Gasteiger partial charge in [-0.05, 0) is 30.5 Å². The van der Waals surface area contributed by atoms with Crippen LogP contribution in [0.15, 0.2) is 29.3 Å². The van der Waals surface area contributed by atoms with Crippen LogP contribution >= 0.6 is 0 Å². The van der Waals surface area contributed by atoms with Crippen molar-refractivity contribution in [2.24, 2.45) is 10.7 Å². The third-order valence-corrected chi connectivity index (χ3v) is 3.45. The van der Waals surface area contributed by atoms with Crippen LogP contribution in [0.5, 0.6) is 5.75 Å². The van der Waals surface area contributed by atoms with Gasteiger partial charge in [0, 0.05) is 6.04 Å². The van der Waals surface area contributed by atoms with Crippen LogP contribution in [-0.4, -0.2) is 30.6 Å². The van der Waals surface area contributed by atoms with E-state index in [9.17, 15) is 0 Å². The Hall–Kier alpha value is -1.71. The van der Waals surface area contributed by atoms with E-state index in [0.717, 1.165) is 12.3 Å². The molecule has 0 saturated heterocycles. The van der Waals surface area contributed by atoms with Crippen LogP contribution in [0.4, 0.5) is 0 Å². The normalized spacial score (nSPS) is 23.7. The lowest BCUT2D eigenvalue weighted by Crippen LogP contribution is -2.37. The molecule has 0 radical (unpaired) electrons. The van der Waals surface area contributed by atoms with Gasteiger partial charge >= 0.3 is 0 Å². The number of hydrogen-bond donors (Lipinski definition) is 1. The zero-order chi connectivity index (χ0) is 11.8. The largest absolute Gasteiger partial charge is 0.497 e. The maximum atomic E-state index is 5.96. The summed E-state index contributed by atoms with van der Waals surface area (Å²) < 4.78 is 5.27. The number of rotatable bonds is 3. The highest BCUT2D eigenvalue weighted by atomic mass is 16.5. The molecule has 4 nitrogen and oxygen atoms in total. The molecular formula is C13H17N3O. The van der Waals surface area contributed by atoms with Crippen LogP contribution in [0, 0.1) is 0 Å². The van der Waals surface area contributed by atoms with Crippen LogP contribution in [0.3, 0.4) is 0 Å². The number of guanidine groups is 1. The first-order valence-electron chi connectivity index (χ1n) is 6.02. The highest BCUT2D eigenvalue weighted by Gasteiger charge is 2.38. The molecule has 0 amide bonds. The van der Waals surface area contributed by atoms with Crippen molar-refractivity contribution < 1.29 is 4.74 Å². The van der Waals surface area contributed by atoms with E-state index in [-0.39, 0.29) is 6.04 Å². The SMILES string of the molecule is COc1cccc(C2CN=C(N)N2C2CC2)c1. The van der Waals surface area contributed by atoms with E-state index >= 15 is 0 Å². The smallest absolute Gasteiger partial charge is 0.192 e. The summed E-state index contributed by atoms with van der Waals surface area (Å²) in [5.41, 5.74) is 7.20. The molecule has 90 valence electrons. The van der Waals surface area contributed by atoms with Crippen molar-refractivity contribution in [2.75, 3.05) is 13.7 Å². The van der Waals surface area contributed by atoms with Crippen molar-refractivity contribution in [2.45, 2.75) is 24.9 Å². The molecule has 1 aliphatic heterocycles. The molecule has 0 spiro atoms. The second kappa shape index (κ2) is 3.95. The summed E-state index contributed by atoms with van der Waals surface area (Å²) >= 11 is 0. The molecule has 4 heteroatoms. The van der Waals surface area contributed by atoms with Gasteiger partial charge in [-0.1, -0.05) is 12.1 Å². The quantitative estimate of drug-likeness (QED) is 0.858. The summed E-state index contributed by atoms with van der Waals surface area (Å²) in [7, 11) is 1.69. The summed E-state index contributed by atoms with van der Waals surface area (Å²) in [5, 5.41) is 0.